The van der Waals surface area contributed by atoms with Gasteiger partial charge in [-0.05, 0) is 208 Å². The molecule has 0 heterocycles. The molecular weight excluding hydrogens is 929 g/mol. The van der Waals surface area contributed by atoms with E-state index in [1.54, 1.807) is 0 Å². The van der Waals surface area contributed by atoms with E-state index in [1.165, 1.54) is 109 Å². The van der Waals surface area contributed by atoms with Crippen LogP contribution in [0.4, 0.5) is 34.1 Å². The lowest BCUT2D eigenvalue weighted by atomic mass is 9.82. The van der Waals surface area contributed by atoms with E-state index in [-0.39, 0.29) is 5.41 Å². The molecule has 77 heavy (non-hydrogen) atoms. The molecule has 2 nitrogen and oxygen atoms in total. The quantitative estimate of drug-likeness (QED) is 0.105. The van der Waals surface area contributed by atoms with Gasteiger partial charge in [-0.1, -0.05) is 203 Å². The van der Waals surface area contributed by atoms with Crippen molar-refractivity contribution in [2.75, 3.05) is 9.80 Å². The largest absolute Gasteiger partial charge is 0.310 e. The van der Waals surface area contributed by atoms with Crippen molar-refractivity contribution in [3.05, 3.63) is 265 Å². The topological polar surface area (TPSA) is 6.48 Å². The molecule has 0 unspecified atom stereocenters. The summed E-state index contributed by atoms with van der Waals surface area (Å²) < 4.78 is 0. The van der Waals surface area contributed by atoms with Crippen molar-refractivity contribution in [2.45, 2.75) is 59.8 Å². The van der Waals surface area contributed by atoms with Crippen LogP contribution in [-0.4, -0.2) is 0 Å². The first-order valence-corrected chi connectivity index (χ1v) is 27.3. The van der Waals surface area contributed by atoms with Crippen LogP contribution in [0.2, 0.25) is 0 Å². The minimum Gasteiger partial charge on any atom is -0.310 e. The SMILES string of the molecule is Cc1ccc(N(c2ccc(C(C)C)cc2)c2ccc3c(-c4cc5ccccc5c5ccccc45)c4cc(N(c5ccc(C)cc5)c5ccc(C(C)(C)C)cc5)ccc4c(-c4cc5ccccc5c5ccccc45)c3c2)cc1. The zero-order valence-corrected chi connectivity index (χ0v) is 45.1. The van der Waals surface area contributed by atoms with Gasteiger partial charge in [-0.15, -0.1) is 0 Å². The molecule has 0 aliphatic carbocycles. The highest BCUT2D eigenvalue weighted by Gasteiger charge is 2.25. The molecule has 0 aliphatic heterocycles. The third-order valence-electron chi connectivity index (χ3n) is 16.1. The lowest BCUT2D eigenvalue weighted by Gasteiger charge is -2.29. The van der Waals surface area contributed by atoms with Gasteiger partial charge < -0.3 is 9.80 Å². The van der Waals surface area contributed by atoms with Gasteiger partial charge >= 0.3 is 0 Å². The Balaban J connectivity index is 1.20. The van der Waals surface area contributed by atoms with Gasteiger partial charge in [-0.3, -0.25) is 0 Å². The van der Waals surface area contributed by atoms with Crippen LogP contribution < -0.4 is 9.80 Å². The van der Waals surface area contributed by atoms with Gasteiger partial charge in [0.1, 0.15) is 0 Å². The van der Waals surface area contributed by atoms with Crippen LogP contribution in [0.3, 0.4) is 0 Å². The molecule has 0 N–H and O–H groups in total. The summed E-state index contributed by atoms with van der Waals surface area (Å²) in [6, 6.07) is 91.6. The van der Waals surface area contributed by atoms with Crippen LogP contribution in [0.1, 0.15) is 62.8 Å². The van der Waals surface area contributed by atoms with Gasteiger partial charge in [0.05, 0.1) is 0 Å². The first-order valence-electron chi connectivity index (χ1n) is 27.3. The average molecular weight is 991 g/mol. The van der Waals surface area contributed by atoms with Gasteiger partial charge in [-0.25, -0.2) is 0 Å². The number of rotatable bonds is 9. The summed E-state index contributed by atoms with van der Waals surface area (Å²) in [6.07, 6.45) is 0. The third kappa shape index (κ3) is 8.46. The Morgan fingerprint density at radius 1 is 0.299 bits per heavy atom. The molecule has 372 valence electrons. The summed E-state index contributed by atoms with van der Waals surface area (Å²) in [5.74, 6) is 0.424. The zero-order chi connectivity index (χ0) is 52.5. The van der Waals surface area contributed by atoms with E-state index >= 15 is 0 Å². The van der Waals surface area contributed by atoms with E-state index in [0.29, 0.717) is 5.92 Å². The Kier molecular flexibility index (Phi) is 11.8. The van der Waals surface area contributed by atoms with E-state index in [4.69, 9.17) is 0 Å². The molecule has 0 saturated heterocycles. The van der Waals surface area contributed by atoms with Crippen LogP contribution in [0.25, 0.3) is 86.9 Å². The minimum atomic E-state index is 0.0213. The summed E-state index contributed by atoms with van der Waals surface area (Å²) in [6.45, 7) is 15.7. The van der Waals surface area contributed by atoms with Crippen molar-refractivity contribution in [1.82, 2.24) is 0 Å². The van der Waals surface area contributed by atoms with Crippen LogP contribution in [-0.2, 0) is 5.41 Å². The first-order chi connectivity index (χ1) is 37.5. The second-order valence-corrected chi connectivity index (χ2v) is 22.5. The Morgan fingerprint density at radius 3 is 1.03 bits per heavy atom. The molecule has 0 amide bonds. The molecule has 0 aromatic heterocycles. The van der Waals surface area contributed by atoms with Gasteiger partial charge in [0.2, 0.25) is 0 Å². The summed E-state index contributed by atoms with van der Waals surface area (Å²) in [5.41, 5.74) is 16.6. The normalized spacial score (nSPS) is 11.9. The fourth-order valence-electron chi connectivity index (χ4n) is 12.0. The number of anilines is 6. The maximum atomic E-state index is 2.49. The number of hydrogen-bond acceptors (Lipinski definition) is 2. The van der Waals surface area contributed by atoms with Crippen molar-refractivity contribution in [2.24, 2.45) is 0 Å². The second kappa shape index (κ2) is 19.0. The van der Waals surface area contributed by atoms with Crippen molar-refractivity contribution in [3.63, 3.8) is 0 Å². The number of benzene rings is 13. The lowest BCUT2D eigenvalue weighted by Crippen LogP contribution is -2.13. The van der Waals surface area contributed by atoms with Gasteiger partial charge in [0, 0.05) is 34.1 Å². The molecule has 0 fully saturated rings. The van der Waals surface area contributed by atoms with E-state index in [0.717, 1.165) is 34.1 Å². The van der Waals surface area contributed by atoms with E-state index in [9.17, 15) is 0 Å². The summed E-state index contributed by atoms with van der Waals surface area (Å²) in [7, 11) is 0. The smallest absolute Gasteiger partial charge is 0.0468 e. The monoisotopic (exact) mass is 990 g/mol. The highest BCUT2D eigenvalue weighted by atomic mass is 15.1. The maximum Gasteiger partial charge on any atom is 0.0468 e. The molecule has 0 saturated carbocycles. The predicted octanol–water partition coefficient (Wildman–Crippen LogP) is 21.9. The van der Waals surface area contributed by atoms with Crippen LogP contribution in [0.5, 0.6) is 0 Å². The van der Waals surface area contributed by atoms with Gasteiger partial charge in [-0.2, -0.15) is 0 Å². The van der Waals surface area contributed by atoms with Gasteiger partial charge in [0.25, 0.3) is 0 Å². The van der Waals surface area contributed by atoms with Crippen LogP contribution in [0, 0.1) is 13.8 Å². The molecule has 0 atom stereocenters. The minimum absolute atomic E-state index is 0.0213. The highest BCUT2D eigenvalue weighted by molar-refractivity contribution is 6.29. The lowest BCUT2D eigenvalue weighted by molar-refractivity contribution is 0.590. The Hall–Kier alpha value is -8.98. The number of aryl methyl sites for hydroxylation is 2. The fraction of sp³-hybridized carbons (Fsp3) is 0.120. The summed E-state index contributed by atoms with van der Waals surface area (Å²) in [5, 5.41) is 14.7. The average Bonchev–Trinajstić information content (AvgIpc) is 3.53. The Labute approximate surface area is 453 Å². The van der Waals surface area contributed by atoms with E-state index < -0.39 is 0 Å². The molecule has 13 rings (SSSR count). The molecule has 2 heteroatoms. The number of hydrogen-bond donors (Lipinski definition) is 0. The van der Waals surface area contributed by atoms with Crippen molar-refractivity contribution in [1.29, 1.82) is 0 Å². The fourth-order valence-corrected chi connectivity index (χ4v) is 12.0. The van der Waals surface area contributed by atoms with Crippen molar-refractivity contribution in [3.8, 4) is 22.3 Å². The van der Waals surface area contributed by atoms with E-state index in [2.05, 4.69) is 301 Å². The molecule has 0 bridgehead atoms. The number of nitrogens with zero attached hydrogens (tertiary/aromatic N) is 2. The zero-order valence-electron chi connectivity index (χ0n) is 45.1. The standard InChI is InChI=1S/C75H62N2/c1-48(2)51-28-36-57(37-29-51)76(55-32-24-49(3)25-33-55)59-40-42-67-71(46-59)73(69-44-52-16-8-10-18-61(52)63-20-12-14-22-65(63)69)68-43-41-60(77(56-34-26-50(4)27-35-56)58-38-30-54(31-39-58)75(5,6)7)47-72(68)74(67)70-45-53-17-9-11-19-62(53)64-21-13-15-23-66(64)70/h8-48H,1-7H3. The molecular formula is C75H62N2. The molecule has 0 aliphatic rings. The molecule has 13 aromatic carbocycles. The highest BCUT2D eigenvalue weighted by Crippen LogP contribution is 2.52. The Morgan fingerprint density at radius 2 is 0.636 bits per heavy atom. The third-order valence-corrected chi connectivity index (χ3v) is 16.1. The van der Waals surface area contributed by atoms with Crippen LogP contribution in [0.15, 0.2) is 243 Å². The predicted molar refractivity (Wildman–Crippen MR) is 334 cm³/mol. The first kappa shape index (κ1) is 47.7. The van der Waals surface area contributed by atoms with Crippen molar-refractivity contribution >= 4 is 98.8 Å². The van der Waals surface area contributed by atoms with Crippen LogP contribution >= 0.6 is 0 Å². The molecule has 0 spiro atoms. The summed E-state index contributed by atoms with van der Waals surface area (Å²) >= 11 is 0. The Bertz CT molecular complexity index is 4390. The van der Waals surface area contributed by atoms with E-state index in [1.807, 2.05) is 0 Å². The molecule has 13 aromatic rings. The maximum absolute atomic E-state index is 2.49. The second-order valence-electron chi connectivity index (χ2n) is 22.5. The molecule has 0 radical (unpaired) electrons. The summed E-state index contributed by atoms with van der Waals surface area (Å²) in [4.78, 5) is 4.88. The van der Waals surface area contributed by atoms with Gasteiger partial charge in [0.15, 0.2) is 0 Å². The van der Waals surface area contributed by atoms with Crippen molar-refractivity contribution < 1.29 is 0 Å². The number of fused-ring (bicyclic) bond motifs is 8.